The van der Waals surface area contributed by atoms with Gasteiger partial charge in [0, 0.05) is 11.5 Å². The number of rotatable bonds is 4. The second kappa shape index (κ2) is 10.3. The minimum absolute atomic E-state index is 0.0172. The molecule has 0 bridgehead atoms. The number of carbonyl (C=O) groups is 5. The van der Waals surface area contributed by atoms with Gasteiger partial charge < -0.3 is 5.11 Å². The van der Waals surface area contributed by atoms with Gasteiger partial charge in [-0.15, -0.1) is 23.2 Å². The van der Waals surface area contributed by atoms with Crippen LogP contribution < -0.4 is 9.80 Å². The van der Waals surface area contributed by atoms with Crippen molar-refractivity contribution in [1.82, 2.24) is 0 Å². The number of imide groups is 2. The number of nitrogens with zero attached hydrogens (tertiary/aromatic N) is 2. The summed E-state index contributed by atoms with van der Waals surface area (Å²) in [5.74, 6) is -9.23. The molecule has 2 saturated heterocycles. The summed E-state index contributed by atoms with van der Waals surface area (Å²) in [7, 11) is 0. The summed E-state index contributed by atoms with van der Waals surface area (Å²) in [4.78, 5) is 65.6. The van der Waals surface area contributed by atoms with Gasteiger partial charge in [-0.05, 0) is 91.9 Å². The molecular formula is C34H24Cl2F2N2O6. The monoisotopic (exact) mass is 664 g/mol. The van der Waals surface area contributed by atoms with Crippen molar-refractivity contribution in [3.8, 4) is 5.75 Å². The quantitative estimate of drug-likeness (QED) is 0.167. The van der Waals surface area contributed by atoms with Gasteiger partial charge in [-0.1, -0.05) is 17.7 Å². The first kappa shape index (κ1) is 30.3. The van der Waals surface area contributed by atoms with Crippen molar-refractivity contribution in [1.29, 1.82) is 0 Å². The normalized spacial score (nSPS) is 30.2. The summed E-state index contributed by atoms with van der Waals surface area (Å²) in [6.45, 7) is 1.40. The molecule has 2 aliphatic heterocycles. The van der Waals surface area contributed by atoms with E-state index in [4.69, 9.17) is 23.2 Å². The number of amides is 4. The molecule has 4 amide bonds. The molecular weight excluding hydrogens is 641 g/mol. The van der Waals surface area contributed by atoms with Crippen molar-refractivity contribution in [2.75, 3.05) is 9.80 Å². The van der Waals surface area contributed by atoms with E-state index >= 15 is 0 Å². The number of halogens is 4. The molecule has 6 unspecified atom stereocenters. The van der Waals surface area contributed by atoms with Crippen LogP contribution in [0.5, 0.6) is 5.75 Å². The Morgan fingerprint density at radius 3 is 2.11 bits per heavy atom. The Labute approximate surface area is 271 Å². The highest BCUT2D eigenvalue weighted by atomic mass is 35.5. The smallest absolute Gasteiger partial charge is 0.258 e. The van der Waals surface area contributed by atoms with Crippen LogP contribution in [-0.2, 0) is 19.2 Å². The zero-order valence-corrected chi connectivity index (χ0v) is 25.6. The lowest BCUT2D eigenvalue weighted by molar-refractivity contribution is -0.125. The molecule has 2 aliphatic carbocycles. The number of hydrogen-bond acceptors (Lipinski definition) is 6. The number of carbonyl (C=O) groups excluding carboxylic acids is 5. The molecule has 1 saturated carbocycles. The molecule has 3 fully saturated rings. The van der Waals surface area contributed by atoms with Crippen LogP contribution in [0.25, 0.3) is 0 Å². The van der Waals surface area contributed by atoms with E-state index in [1.165, 1.54) is 49.4 Å². The van der Waals surface area contributed by atoms with Crippen LogP contribution in [0.3, 0.4) is 0 Å². The van der Waals surface area contributed by atoms with Crippen LogP contribution in [0.4, 0.5) is 20.2 Å². The Balaban J connectivity index is 1.37. The molecule has 0 aromatic heterocycles. The maximum Gasteiger partial charge on any atom is 0.258 e. The summed E-state index contributed by atoms with van der Waals surface area (Å²) in [5, 5.41) is 9.94. The molecule has 6 atom stereocenters. The number of ketones is 1. The maximum atomic E-state index is 14.9. The molecule has 4 aliphatic rings. The highest BCUT2D eigenvalue weighted by molar-refractivity contribution is 6.58. The number of anilines is 2. The zero-order chi connectivity index (χ0) is 32.9. The van der Waals surface area contributed by atoms with E-state index in [2.05, 4.69) is 0 Å². The standard InChI is InChI=1S/C34H24Cl2F2N2O6/c1-16(41)17-2-7-20(8-3-17)39-29(43)23-12-11-22-24(27(23)30(39)44)15-33(35)31(45)40(21-9-5-19(37)6-10-21)32(46)34(33,36)28(22)18-4-13-26(42)25(38)14-18/h2-11,13-14,23-24,27-28,42H,12,15H2,1H3. The predicted molar refractivity (Wildman–Crippen MR) is 164 cm³/mol. The van der Waals surface area contributed by atoms with Gasteiger partial charge in [-0.2, -0.15) is 0 Å². The van der Waals surface area contributed by atoms with Crippen molar-refractivity contribution in [2.45, 2.75) is 35.4 Å². The summed E-state index contributed by atoms with van der Waals surface area (Å²) < 4.78 is 28.6. The van der Waals surface area contributed by atoms with Crippen LogP contribution in [0.1, 0.15) is 41.6 Å². The Hall–Kier alpha value is -4.41. The highest BCUT2D eigenvalue weighted by Crippen LogP contribution is 2.66. The van der Waals surface area contributed by atoms with Gasteiger partial charge in [0.15, 0.2) is 27.1 Å². The third-order valence-corrected chi connectivity index (χ3v) is 11.1. The SMILES string of the molecule is CC(=O)c1ccc(N2C(=O)C3CC=C4C(CC5(Cl)C(=O)N(c6ccc(F)cc6)C(=O)C5(Cl)C4c4ccc(O)c(F)c4)C3C2=O)cc1. The largest absolute Gasteiger partial charge is 0.505 e. The summed E-state index contributed by atoms with van der Waals surface area (Å²) in [6, 6.07) is 14.1. The van der Waals surface area contributed by atoms with E-state index in [-0.39, 0.29) is 35.6 Å². The Bertz CT molecular complexity index is 1920. The lowest BCUT2D eigenvalue weighted by Crippen LogP contribution is -2.60. The van der Waals surface area contributed by atoms with Crippen molar-refractivity contribution >= 4 is 64.0 Å². The van der Waals surface area contributed by atoms with Gasteiger partial charge in [0.25, 0.3) is 11.8 Å². The average Bonchev–Trinajstić information content (AvgIpc) is 3.37. The third kappa shape index (κ3) is 3.99. The number of Topliss-reactive ketones (excluding diaryl/α,β-unsaturated/α-hetero) is 1. The molecule has 3 aromatic rings. The molecule has 8 nitrogen and oxygen atoms in total. The van der Waals surface area contributed by atoms with Crippen molar-refractivity contribution < 1.29 is 37.9 Å². The summed E-state index contributed by atoms with van der Waals surface area (Å²) in [6.07, 6.45) is 1.49. The lowest BCUT2D eigenvalue weighted by Gasteiger charge is -2.50. The van der Waals surface area contributed by atoms with Gasteiger partial charge in [-0.25, -0.2) is 13.7 Å². The van der Waals surface area contributed by atoms with Crippen LogP contribution in [0.2, 0.25) is 0 Å². The lowest BCUT2D eigenvalue weighted by atomic mass is 9.56. The number of phenolic OH excluding ortho intramolecular Hbond substituents is 1. The Kier molecular flexibility index (Phi) is 6.77. The van der Waals surface area contributed by atoms with E-state index in [1.54, 1.807) is 6.08 Å². The van der Waals surface area contributed by atoms with Gasteiger partial charge >= 0.3 is 0 Å². The summed E-state index contributed by atoms with van der Waals surface area (Å²) >= 11 is 14.5. The van der Waals surface area contributed by atoms with E-state index in [1.807, 2.05) is 0 Å². The first-order valence-corrected chi connectivity index (χ1v) is 15.2. The molecule has 12 heteroatoms. The maximum absolute atomic E-state index is 14.9. The van der Waals surface area contributed by atoms with Crippen molar-refractivity contribution in [2.24, 2.45) is 17.8 Å². The molecule has 1 N–H and O–H groups in total. The molecule has 7 rings (SSSR count). The molecule has 46 heavy (non-hydrogen) atoms. The number of aromatic hydroxyl groups is 1. The van der Waals surface area contributed by atoms with Crippen LogP contribution in [0, 0.1) is 29.4 Å². The molecule has 0 radical (unpaired) electrons. The second-order valence-corrected chi connectivity index (χ2v) is 13.3. The number of benzene rings is 3. The zero-order valence-electron chi connectivity index (χ0n) is 24.0. The van der Waals surface area contributed by atoms with Crippen LogP contribution in [0.15, 0.2) is 78.4 Å². The number of allylic oxidation sites excluding steroid dienone is 2. The Morgan fingerprint density at radius 2 is 1.48 bits per heavy atom. The van der Waals surface area contributed by atoms with Crippen molar-refractivity contribution in [3.05, 3.63) is 101 Å². The summed E-state index contributed by atoms with van der Waals surface area (Å²) in [5.41, 5.74) is 1.25. The number of hydrogen-bond donors (Lipinski definition) is 1. The van der Waals surface area contributed by atoms with Gasteiger partial charge in [0.2, 0.25) is 11.8 Å². The highest BCUT2D eigenvalue weighted by Gasteiger charge is 2.76. The minimum Gasteiger partial charge on any atom is -0.505 e. The number of phenols is 1. The van der Waals surface area contributed by atoms with Gasteiger partial charge in [0.05, 0.1) is 23.2 Å². The first-order valence-electron chi connectivity index (χ1n) is 14.5. The average molecular weight is 665 g/mol. The van der Waals surface area contributed by atoms with Crippen molar-refractivity contribution in [3.63, 3.8) is 0 Å². The van der Waals surface area contributed by atoms with Crippen LogP contribution >= 0.6 is 23.2 Å². The first-order chi connectivity index (χ1) is 21.8. The fourth-order valence-electron chi connectivity index (χ4n) is 7.57. The van der Waals surface area contributed by atoms with E-state index in [0.717, 1.165) is 34.1 Å². The molecule has 234 valence electrons. The van der Waals surface area contributed by atoms with Gasteiger partial charge in [0.1, 0.15) is 5.82 Å². The fraction of sp³-hybridized carbons (Fsp3) is 0.265. The van der Waals surface area contributed by atoms with Gasteiger partial charge in [-0.3, -0.25) is 28.9 Å². The third-order valence-electron chi connectivity index (χ3n) is 9.73. The second-order valence-electron chi connectivity index (χ2n) is 12.1. The predicted octanol–water partition coefficient (Wildman–Crippen LogP) is 5.64. The number of fused-ring (bicyclic) bond motifs is 4. The fourth-order valence-corrected chi connectivity index (χ4v) is 8.51. The topological polar surface area (TPSA) is 112 Å². The minimum atomic E-state index is -2.23. The van der Waals surface area contributed by atoms with E-state index in [0.29, 0.717) is 11.1 Å². The Morgan fingerprint density at radius 1 is 0.848 bits per heavy atom. The molecule has 2 heterocycles. The van der Waals surface area contributed by atoms with Crippen LogP contribution in [-0.4, -0.2) is 44.3 Å². The molecule has 0 spiro atoms. The van der Waals surface area contributed by atoms with E-state index < -0.39 is 74.4 Å². The molecule has 3 aromatic carbocycles. The van der Waals surface area contributed by atoms with E-state index in [9.17, 15) is 37.9 Å². The number of alkyl halides is 2.